The molecule has 0 N–H and O–H groups in total. The van der Waals surface area contributed by atoms with Gasteiger partial charge in [0.25, 0.3) is 0 Å². The first-order chi connectivity index (χ1) is 12.2. The van der Waals surface area contributed by atoms with Crippen molar-refractivity contribution in [3.63, 3.8) is 0 Å². The summed E-state index contributed by atoms with van der Waals surface area (Å²) in [7, 11) is 1.77. The number of carbonyl (C=O) groups excluding carboxylic acids is 1. The van der Waals surface area contributed by atoms with Crippen molar-refractivity contribution in [3.05, 3.63) is 60.2 Å². The van der Waals surface area contributed by atoms with Crippen LogP contribution in [-0.2, 0) is 17.8 Å². The molecule has 25 heavy (non-hydrogen) atoms. The molecule has 0 saturated carbocycles. The van der Waals surface area contributed by atoms with Crippen molar-refractivity contribution in [2.75, 3.05) is 7.05 Å². The largest absolute Gasteiger partial charge is 0.337 e. The molecule has 0 fully saturated rings. The molecule has 1 unspecified atom stereocenters. The Kier molecular flexibility index (Phi) is 4.23. The molecule has 1 aliphatic heterocycles. The predicted octanol–water partition coefficient (Wildman–Crippen LogP) is 2.81. The van der Waals surface area contributed by atoms with Crippen LogP contribution in [0, 0.1) is 0 Å². The molecule has 0 aliphatic carbocycles. The highest BCUT2D eigenvalue weighted by Crippen LogP contribution is 2.37. The van der Waals surface area contributed by atoms with Crippen LogP contribution in [0.3, 0.4) is 0 Å². The van der Waals surface area contributed by atoms with Crippen molar-refractivity contribution in [2.24, 2.45) is 0 Å². The topological polar surface area (TPSA) is 72.1 Å². The first-order valence-electron chi connectivity index (χ1n) is 7.93. The van der Waals surface area contributed by atoms with Crippen molar-refractivity contribution in [3.8, 4) is 11.4 Å². The van der Waals surface area contributed by atoms with Crippen LogP contribution in [0.2, 0.25) is 0 Å². The Morgan fingerprint density at radius 3 is 2.88 bits per heavy atom. The van der Waals surface area contributed by atoms with E-state index < -0.39 is 0 Å². The zero-order valence-corrected chi connectivity index (χ0v) is 14.4. The summed E-state index contributed by atoms with van der Waals surface area (Å²) in [5, 5.41) is 3.88. The third-order valence-corrected chi connectivity index (χ3v) is 5.38. The van der Waals surface area contributed by atoms with Gasteiger partial charge in [0.1, 0.15) is 0 Å². The Bertz CT molecular complexity index is 872. The van der Waals surface area contributed by atoms with Crippen molar-refractivity contribution < 1.29 is 9.32 Å². The molecule has 2 aromatic heterocycles. The van der Waals surface area contributed by atoms with E-state index in [0.717, 1.165) is 12.0 Å². The SMILES string of the molecule is CN(Cc1nc(-c2ccncc2)no1)C(=O)C1Cc2ccccc2S1. The van der Waals surface area contributed by atoms with E-state index in [1.54, 1.807) is 36.1 Å². The maximum atomic E-state index is 12.7. The van der Waals surface area contributed by atoms with E-state index in [0.29, 0.717) is 18.3 Å². The van der Waals surface area contributed by atoms with Gasteiger partial charge in [-0.3, -0.25) is 9.78 Å². The molecule has 7 heteroatoms. The van der Waals surface area contributed by atoms with E-state index in [1.165, 1.54) is 10.5 Å². The van der Waals surface area contributed by atoms with Gasteiger partial charge in [0.05, 0.1) is 11.8 Å². The summed E-state index contributed by atoms with van der Waals surface area (Å²) < 4.78 is 5.28. The molecule has 1 aliphatic rings. The lowest BCUT2D eigenvalue weighted by molar-refractivity contribution is -0.130. The minimum Gasteiger partial charge on any atom is -0.337 e. The zero-order chi connectivity index (χ0) is 17.2. The van der Waals surface area contributed by atoms with Crippen molar-refractivity contribution in [1.82, 2.24) is 20.0 Å². The summed E-state index contributed by atoms with van der Waals surface area (Å²) in [4.78, 5) is 23.9. The van der Waals surface area contributed by atoms with Gasteiger partial charge in [0.15, 0.2) is 0 Å². The number of carbonyl (C=O) groups is 1. The highest BCUT2D eigenvalue weighted by Gasteiger charge is 2.30. The van der Waals surface area contributed by atoms with Crippen LogP contribution in [0.4, 0.5) is 0 Å². The van der Waals surface area contributed by atoms with Gasteiger partial charge in [-0.1, -0.05) is 23.4 Å². The molecule has 126 valence electrons. The number of hydrogen-bond acceptors (Lipinski definition) is 6. The molecule has 0 spiro atoms. The maximum absolute atomic E-state index is 12.7. The molecular weight excluding hydrogens is 336 g/mol. The second kappa shape index (κ2) is 6.68. The Balaban J connectivity index is 1.42. The fourth-order valence-electron chi connectivity index (χ4n) is 2.78. The smallest absolute Gasteiger partial charge is 0.246 e. The minimum atomic E-state index is -0.0926. The highest BCUT2D eigenvalue weighted by molar-refractivity contribution is 8.01. The third kappa shape index (κ3) is 3.28. The van der Waals surface area contributed by atoms with Crippen LogP contribution in [0.15, 0.2) is 58.2 Å². The van der Waals surface area contributed by atoms with Crippen molar-refractivity contribution >= 4 is 17.7 Å². The number of amides is 1. The monoisotopic (exact) mass is 352 g/mol. The van der Waals surface area contributed by atoms with Gasteiger partial charge in [-0.2, -0.15) is 4.98 Å². The highest BCUT2D eigenvalue weighted by atomic mass is 32.2. The molecule has 1 aromatic carbocycles. The summed E-state index contributed by atoms with van der Waals surface area (Å²) >= 11 is 1.62. The van der Waals surface area contributed by atoms with Gasteiger partial charge >= 0.3 is 0 Å². The summed E-state index contributed by atoms with van der Waals surface area (Å²) in [6, 6.07) is 11.8. The standard InChI is InChI=1S/C18H16N4O2S/c1-22(18(23)15-10-13-4-2-3-5-14(13)25-15)11-16-20-17(21-24-16)12-6-8-19-9-7-12/h2-9,15H,10-11H2,1H3. The number of pyridine rings is 1. The first kappa shape index (κ1) is 15.8. The molecular formula is C18H16N4O2S. The van der Waals surface area contributed by atoms with Gasteiger partial charge in [0.2, 0.25) is 17.6 Å². The number of hydrogen-bond donors (Lipinski definition) is 0. The van der Waals surface area contributed by atoms with Gasteiger partial charge in [-0.25, -0.2) is 0 Å². The molecule has 4 rings (SSSR count). The molecule has 0 radical (unpaired) electrons. The predicted molar refractivity (Wildman–Crippen MR) is 93.8 cm³/mol. The van der Waals surface area contributed by atoms with E-state index in [1.807, 2.05) is 24.3 Å². The van der Waals surface area contributed by atoms with Gasteiger partial charge in [0, 0.05) is 29.9 Å². The lowest BCUT2D eigenvalue weighted by Gasteiger charge is -2.18. The minimum absolute atomic E-state index is 0.0739. The molecule has 3 aromatic rings. The summed E-state index contributed by atoms with van der Waals surface area (Å²) in [5.41, 5.74) is 2.07. The fourth-order valence-corrected chi connectivity index (χ4v) is 4.09. The van der Waals surface area contributed by atoms with E-state index in [9.17, 15) is 4.79 Å². The van der Waals surface area contributed by atoms with Gasteiger partial charge in [-0.15, -0.1) is 11.8 Å². The Morgan fingerprint density at radius 1 is 1.28 bits per heavy atom. The molecule has 0 saturated heterocycles. The van der Waals surface area contributed by atoms with Crippen molar-refractivity contribution in [1.29, 1.82) is 0 Å². The van der Waals surface area contributed by atoms with Gasteiger partial charge < -0.3 is 9.42 Å². The van der Waals surface area contributed by atoms with Crippen LogP contribution in [-0.4, -0.2) is 38.2 Å². The lowest BCUT2D eigenvalue weighted by Crippen LogP contribution is -2.34. The fraction of sp³-hybridized carbons (Fsp3) is 0.222. The van der Waals surface area contributed by atoms with Crippen LogP contribution >= 0.6 is 11.8 Å². The first-order valence-corrected chi connectivity index (χ1v) is 8.81. The summed E-state index contributed by atoms with van der Waals surface area (Å²) in [6.45, 7) is 0.296. The normalized spacial score (nSPS) is 15.8. The maximum Gasteiger partial charge on any atom is 0.246 e. The number of thioether (sulfide) groups is 1. The third-order valence-electron chi connectivity index (χ3n) is 4.08. The van der Waals surface area contributed by atoms with Crippen LogP contribution in [0.5, 0.6) is 0 Å². The summed E-state index contributed by atoms with van der Waals surface area (Å²) in [5.74, 6) is 0.994. The molecule has 3 heterocycles. The number of benzene rings is 1. The van der Waals surface area contributed by atoms with Gasteiger partial charge in [-0.05, 0) is 30.2 Å². The average Bonchev–Trinajstić information content (AvgIpc) is 3.28. The van der Waals surface area contributed by atoms with Crippen LogP contribution in [0.25, 0.3) is 11.4 Å². The summed E-state index contributed by atoms with van der Waals surface area (Å²) in [6.07, 6.45) is 4.11. The molecule has 0 bridgehead atoms. The van der Waals surface area contributed by atoms with Crippen LogP contribution in [0.1, 0.15) is 11.5 Å². The van der Waals surface area contributed by atoms with E-state index >= 15 is 0 Å². The van der Waals surface area contributed by atoms with Crippen LogP contribution < -0.4 is 0 Å². The second-order valence-corrected chi connectivity index (χ2v) is 7.10. The van der Waals surface area contributed by atoms with E-state index in [4.69, 9.17) is 4.52 Å². The number of rotatable bonds is 4. The molecule has 6 nitrogen and oxygen atoms in total. The Morgan fingerprint density at radius 2 is 2.08 bits per heavy atom. The number of fused-ring (bicyclic) bond motifs is 1. The number of nitrogens with zero attached hydrogens (tertiary/aromatic N) is 4. The zero-order valence-electron chi connectivity index (χ0n) is 13.6. The van der Waals surface area contributed by atoms with Crippen molar-refractivity contribution in [2.45, 2.75) is 23.1 Å². The Labute approximate surface area is 149 Å². The molecule has 1 atom stereocenters. The average molecular weight is 352 g/mol. The molecule has 1 amide bonds. The Hall–Kier alpha value is -2.67. The lowest BCUT2D eigenvalue weighted by atomic mass is 10.1. The van der Waals surface area contributed by atoms with E-state index in [-0.39, 0.29) is 11.2 Å². The number of aromatic nitrogens is 3. The second-order valence-electron chi connectivity index (χ2n) is 5.86. The quantitative estimate of drug-likeness (QED) is 0.719. The van der Waals surface area contributed by atoms with E-state index in [2.05, 4.69) is 27.3 Å².